The van der Waals surface area contributed by atoms with Gasteiger partial charge in [-0.25, -0.2) is 4.98 Å². The first-order valence-corrected chi connectivity index (χ1v) is 7.58. The van der Waals surface area contributed by atoms with Gasteiger partial charge in [0.15, 0.2) is 0 Å². The Balaban J connectivity index is 1.57. The molecule has 1 N–H and O–H groups in total. The van der Waals surface area contributed by atoms with Crippen LogP contribution < -0.4 is 5.56 Å². The van der Waals surface area contributed by atoms with Gasteiger partial charge < -0.3 is 5.11 Å². The molecule has 0 radical (unpaired) electrons. The lowest BCUT2D eigenvalue weighted by Crippen LogP contribution is -2.26. The summed E-state index contributed by atoms with van der Waals surface area (Å²) in [7, 11) is 0. The number of aliphatic hydroxyl groups is 1. The van der Waals surface area contributed by atoms with Crippen molar-refractivity contribution in [2.45, 2.75) is 25.5 Å². The molecule has 110 valence electrons. The summed E-state index contributed by atoms with van der Waals surface area (Å²) in [6.45, 7) is 2.62. The van der Waals surface area contributed by atoms with Gasteiger partial charge in [-0.1, -0.05) is 6.07 Å². The lowest BCUT2D eigenvalue weighted by Gasteiger charge is -2.17. The van der Waals surface area contributed by atoms with Crippen molar-refractivity contribution in [3.05, 3.63) is 46.5 Å². The van der Waals surface area contributed by atoms with Gasteiger partial charge in [-0.05, 0) is 30.9 Å². The first-order valence-electron chi connectivity index (χ1n) is 7.58. The van der Waals surface area contributed by atoms with Crippen LogP contribution in [0.5, 0.6) is 0 Å². The van der Waals surface area contributed by atoms with Crippen molar-refractivity contribution in [3.8, 4) is 0 Å². The molecule has 5 nitrogen and oxygen atoms in total. The third-order valence-electron chi connectivity index (χ3n) is 4.90. The molecule has 2 aromatic rings. The normalized spacial score (nSPS) is 29.1. The van der Waals surface area contributed by atoms with E-state index in [-0.39, 0.29) is 11.7 Å². The number of hydrogen-bond acceptors (Lipinski definition) is 4. The van der Waals surface area contributed by atoms with Crippen LogP contribution in [-0.4, -0.2) is 38.6 Å². The number of likely N-dealkylation sites (tertiary alicyclic amines) is 1. The monoisotopic (exact) mass is 285 g/mol. The molecule has 1 aliphatic carbocycles. The molecule has 21 heavy (non-hydrogen) atoms. The molecule has 1 aliphatic heterocycles. The zero-order valence-electron chi connectivity index (χ0n) is 11.9. The summed E-state index contributed by atoms with van der Waals surface area (Å²) in [5, 5.41) is 9.97. The van der Waals surface area contributed by atoms with Gasteiger partial charge in [-0.15, -0.1) is 0 Å². The van der Waals surface area contributed by atoms with Gasteiger partial charge in [0, 0.05) is 37.8 Å². The third kappa shape index (κ3) is 2.26. The number of fused-ring (bicyclic) bond motifs is 2. The van der Waals surface area contributed by atoms with Gasteiger partial charge in [-0.3, -0.25) is 14.1 Å². The molecule has 3 heterocycles. The van der Waals surface area contributed by atoms with Crippen LogP contribution in [0.3, 0.4) is 0 Å². The molecule has 3 unspecified atom stereocenters. The Bertz CT molecular complexity index is 727. The predicted octanol–water partition coefficient (Wildman–Crippen LogP) is 0.897. The summed E-state index contributed by atoms with van der Waals surface area (Å²) in [5.74, 6) is 1.02. The number of aliphatic hydroxyl groups excluding tert-OH is 1. The van der Waals surface area contributed by atoms with Crippen LogP contribution in [0.15, 0.2) is 35.3 Å². The maximum atomic E-state index is 12.1. The van der Waals surface area contributed by atoms with Gasteiger partial charge in [0.1, 0.15) is 5.65 Å². The van der Waals surface area contributed by atoms with Gasteiger partial charge in [0.05, 0.1) is 11.8 Å². The van der Waals surface area contributed by atoms with Gasteiger partial charge in [-0.2, -0.15) is 0 Å². The van der Waals surface area contributed by atoms with Crippen molar-refractivity contribution >= 4 is 5.65 Å². The molecule has 0 aromatic carbocycles. The van der Waals surface area contributed by atoms with Crippen LogP contribution in [0.25, 0.3) is 5.65 Å². The molecular weight excluding hydrogens is 266 g/mol. The second kappa shape index (κ2) is 4.93. The highest BCUT2D eigenvalue weighted by atomic mass is 16.3. The fourth-order valence-electron chi connectivity index (χ4n) is 3.87. The fraction of sp³-hybridized carbons (Fsp3) is 0.500. The highest BCUT2D eigenvalue weighted by Crippen LogP contribution is 2.38. The number of hydrogen-bond donors (Lipinski definition) is 1. The molecule has 5 heteroatoms. The average molecular weight is 285 g/mol. The zero-order valence-corrected chi connectivity index (χ0v) is 11.9. The van der Waals surface area contributed by atoms with Crippen molar-refractivity contribution in [2.24, 2.45) is 11.8 Å². The first kappa shape index (κ1) is 13.0. The van der Waals surface area contributed by atoms with Crippen LogP contribution >= 0.6 is 0 Å². The predicted molar refractivity (Wildman–Crippen MR) is 79.0 cm³/mol. The van der Waals surface area contributed by atoms with E-state index >= 15 is 0 Å². The third-order valence-corrected chi connectivity index (χ3v) is 4.90. The summed E-state index contributed by atoms with van der Waals surface area (Å²) in [6.07, 6.45) is 3.66. The molecule has 0 amide bonds. The summed E-state index contributed by atoms with van der Waals surface area (Å²) in [4.78, 5) is 19.0. The summed E-state index contributed by atoms with van der Waals surface area (Å²) < 4.78 is 1.56. The maximum absolute atomic E-state index is 12.1. The molecule has 2 aromatic heterocycles. The molecule has 1 saturated heterocycles. The summed E-state index contributed by atoms with van der Waals surface area (Å²) in [6, 6.07) is 7.20. The average Bonchev–Trinajstić information content (AvgIpc) is 3.01. The Morgan fingerprint density at radius 2 is 2.19 bits per heavy atom. The van der Waals surface area contributed by atoms with Crippen molar-refractivity contribution in [1.29, 1.82) is 0 Å². The van der Waals surface area contributed by atoms with E-state index in [4.69, 9.17) is 0 Å². The summed E-state index contributed by atoms with van der Waals surface area (Å²) >= 11 is 0. The Morgan fingerprint density at radius 1 is 1.29 bits per heavy atom. The van der Waals surface area contributed by atoms with Crippen LogP contribution in [0.2, 0.25) is 0 Å². The lowest BCUT2D eigenvalue weighted by molar-refractivity contribution is 0.123. The molecule has 1 saturated carbocycles. The van der Waals surface area contributed by atoms with E-state index in [1.807, 2.05) is 18.2 Å². The maximum Gasteiger partial charge on any atom is 0.258 e. The minimum atomic E-state index is -0.143. The van der Waals surface area contributed by atoms with Crippen molar-refractivity contribution in [3.63, 3.8) is 0 Å². The number of rotatable bonds is 2. The molecule has 3 atom stereocenters. The topological polar surface area (TPSA) is 57.8 Å². The fourth-order valence-corrected chi connectivity index (χ4v) is 3.87. The van der Waals surface area contributed by atoms with E-state index in [2.05, 4.69) is 9.88 Å². The van der Waals surface area contributed by atoms with Crippen molar-refractivity contribution < 1.29 is 5.11 Å². The Labute approximate surface area is 122 Å². The van der Waals surface area contributed by atoms with E-state index in [0.29, 0.717) is 24.0 Å². The molecule has 4 rings (SSSR count). The Morgan fingerprint density at radius 3 is 3.05 bits per heavy atom. The molecule has 2 aliphatic rings. The van der Waals surface area contributed by atoms with E-state index in [0.717, 1.165) is 31.6 Å². The zero-order chi connectivity index (χ0) is 14.4. The SMILES string of the molecule is O=c1cc(CN2CC3CCC(O)C3C2)nc2ccccn12. The van der Waals surface area contributed by atoms with Gasteiger partial charge in [0.25, 0.3) is 5.56 Å². The van der Waals surface area contributed by atoms with Gasteiger partial charge in [0.2, 0.25) is 0 Å². The first-order chi connectivity index (χ1) is 10.2. The van der Waals surface area contributed by atoms with E-state index in [1.54, 1.807) is 16.7 Å². The number of pyridine rings is 1. The van der Waals surface area contributed by atoms with Crippen LogP contribution in [0, 0.1) is 11.8 Å². The second-order valence-corrected chi connectivity index (χ2v) is 6.28. The quantitative estimate of drug-likeness (QED) is 0.890. The van der Waals surface area contributed by atoms with Crippen molar-refractivity contribution in [2.75, 3.05) is 13.1 Å². The van der Waals surface area contributed by atoms with E-state index < -0.39 is 0 Å². The number of aromatic nitrogens is 2. The highest BCUT2D eigenvalue weighted by molar-refractivity contribution is 5.38. The highest BCUT2D eigenvalue weighted by Gasteiger charge is 2.41. The molecule has 2 fully saturated rings. The van der Waals surface area contributed by atoms with Crippen molar-refractivity contribution in [1.82, 2.24) is 14.3 Å². The summed E-state index contributed by atoms with van der Waals surface area (Å²) in [5.41, 5.74) is 1.48. The van der Waals surface area contributed by atoms with Crippen LogP contribution in [0.4, 0.5) is 0 Å². The van der Waals surface area contributed by atoms with Crippen LogP contribution in [0.1, 0.15) is 18.5 Å². The molecular formula is C16H19N3O2. The molecule has 0 bridgehead atoms. The minimum absolute atomic E-state index is 0.0324. The largest absolute Gasteiger partial charge is 0.393 e. The lowest BCUT2D eigenvalue weighted by atomic mass is 10.00. The van der Waals surface area contributed by atoms with Gasteiger partial charge >= 0.3 is 0 Å². The number of nitrogens with zero attached hydrogens (tertiary/aromatic N) is 3. The van der Waals surface area contributed by atoms with Crippen LogP contribution in [-0.2, 0) is 6.54 Å². The van der Waals surface area contributed by atoms with E-state index in [9.17, 15) is 9.90 Å². The smallest absolute Gasteiger partial charge is 0.258 e. The molecule has 0 spiro atoms. The second-order valence-electron chi connectivity index (χ2n) is 6.28. The standard InChI is InChI=1S/C16H19N3O2/c20-14-5-4-11-8-18(10-13(11)14)9-12-7-16(21)19-6-2-1-3-15(19)17-12/h1-3,6-7,11,13-14,20H,4-5,8-10H2. The van der Waals surface area contributed by atoms with E-state index in [1.165, 1.54) is 0 Å². The Kier molecular flexibility index (Phi) is 3.05. The Hall–Kier alpha value is -1.72. The minimum Gasteiger partial charge on any atom is -0.393 e.